The van der Waals surface area contributed by atoms with Crippen molar-refractivity contribution in [1.82, 2.24) is 20.3 Å². The summed E-state index contributed by atoms with van der Waals surface area (Å²) in [6.45, 7) is 2.14. The van der Waals surface area contributed by atoms with Crippen LogP contribution in [-0.2, 0) is 0 Å². The first kappa shape index (κ1) is 17.2. The minimum Gasteiger partial charge on any atom is -0.347 e. The van der Waals surface area contributed by atoms with Gasteiger partial charge >= 0.3 is 0 Å². The molecule has 5 heteroatoms. The van der Waals surface area contributed by atoms with Crippen molar-refractivity contribution in [3.8, 4) is 11.5 Å². The third-order valence-electron chi connectivity index (χ3n) is 5.97. The number of imidazole rings is 1. The van der Waals surface area contributed by atoms with Gasteiger partial charge in [-0.15, -0.1) is 0 Å². The Morgan fingerprint density at radius 2 is 1.89 bits per heavy atom. The average molecular weight is 372 g/mol. The van der Waals surface area contributed by atoms with Crippen molar-refractivity contribution in [3.63, 3.8) is 0 Å². The maximum atomic E-state index is 12.7. The zero-order valence-corrected chi connectivity index (χ0v) is 16.1. The first-order chi connectivity index (χ1) is 13.6. The van der Waals surface area contributed by atoms with Crippen molar-refractivity contribution >= 4 is 29.1 Å². The van der Waals surface area contributed by atoms with Crippen LogP contribution in [-0.4, -0.2) is 26.4 Å². The molecule has 2 N–H and O–H groups in total. The van der Waals surface area contributed by atoms with Gasteiger partial charge in [-0.3, -0.25) is 9.78 Å². The fraction of sp³-hybridized carbons (Fsp3) is 0.348. The number of carbonyl (C=O) groups is 1. The topological polar surface area (TPSA) is 70.7 Å². The number of pyridine rings is 1. The molecule has 142 valence electrons. The van der Waals surface area contributed by atoms with Crippen LogP contribution in [0.25, 0.3) is 34.7 Å². The Kier molecular flexibility index (Phi) is 4.04. The summed E-state index contributed by atoms with van der Waals surface area (Å²) in [5, 5.41) is 5.61. The van der Waals surface area contributed by atoms with Gasteiger partial charge in [-0.25, -0.2) is 4.98 Å². The maximum absolute atomic E-state index is 12.7. The molecular weight excluding hydrogens is 348 g/mol. The first-order valence-corrected chi connectivity index (χ1v) is 10.1. The third-order valence-corrected chi connectivity index (χ3v) is 5.97. The van der Waals surface area contributed by atoms with E-state index in [2.05, 4.69) is 45.4 Å². The molecule has 1 saturated carbocycles. The van der Waals surface area contributed by atoms with Gasteiger partial charge in [0.15, 0.2) is 5.82 Å². The molecule has 5 nitrogen and oxygen atoms in total. The average Bonchev–Trinajstić information content (AvgIpc) is 3.33. The fourth-order valence-electron chi connectivity index (χ4n) is 4.33. The Morgan fingerprint density at radius 1 is 1.11 bits per heavy atom. The number of amides is 1. The molecule has 0 spiro atoms. The quantitative estimate of drug-likeness (QED) is 0.742. The molecule has 0 aliphatic heterocycles. The highest BCUT2D eigenvalue weighted by Gasteiger charge is 2.30. The monoisotopic (exact) mass is 372 g/mol. The standard InChI is InChI=1S/C23H24N4O/c1-23(10-4-5-11-23)27-22(28)16-8-9-18-19(13-16)26-21(25-18)20-12-15-6-2-3-7-17(15)14-24-20/h6-9,12-14H,2-5,10-11H2,1H3,(H,25,26)(H,27,28). The zero-order valence-electron chi connectivity index (χ0n) is 16.1. The number of benzene rings is 1. The molecule has 1 fully saturated rings. The smallest absolute Gasteiger partial charge is 0.251 e. The van der Waals surface area contributed by atoms with E-state index in [1.54, 1.807) is 0 Å². The normalized spacial score (nSPS) is 17.6. The lowest BCUT2D eigenvalue weighted by molar-refractivity contribution is 0.0908. The SMILES string of the molecule is CC1(NC(=O)c2ccc3nc(-c4cc5c(cn4)=CCCC=5)[nH]c3c2)CCCC1. The lowest BCUT2D eigenvalue weighted by atomic mass is 10.00. The molecule has 2 heterocycles. The van der Waals surface area contributed by atoms with Crippen LogP contribution in [0.2, 0.25) is 0 Å². The van der Waals surface area contributed by atoms with E-state index >= 15 is 0 Å². The van der Waals surface area contributed by atoms with Crippen LogP contribution in [0.15, 0.2) is 30.5 Å². The number of hydrogen-bond donors (Lipinski definition) is 2. The summed E-state index contributed by atoms with van der Waals surface area (Å²) < 4.78 is 0. The van der Waals surface area contributed by atoms with E-state index < -0.39 is 0 Å². The number of aromatic amines is 1. The summed E-state index contributed by atoms with van der Waals surface area (Å²) in [4.78, 5) is 25.3. The molecule has 28 heavy (non-hydrogen) atoms. The number of nitrogens with one attached hydrogen (secondary N) is 2. The number of nitrogens with zero attached hydrogens (tertiary/aromatic N) is 2. The van der Waals surface area contributed by atoms with Crippen LogP contribution in [0.4, 0.5) is 0 Å². The van der Waals surface area contributed by atoms with Gasteiger partial charge in [0.25, 0.3) is 5.91 Å². The number of hydrogen-bond acceptors (Lipinski definition) is 3. The van der Waals surface area contributed by atoms with Gasteiger partial charge in [-0.05, 0) is 67.3 Å². The van der Waals surface area contributed by atoms with Gasteiger partial charge in [-0.1, -0.05) is 25.0 Å². The molecule has 0 unspecified atom stereocenters. The van der Waals surface area contributed by atoms with Gasteiger partial charge in [0.1, 0.15) is 5.69 Å². The van der Waals surface area contributed by atoms with Crippen LogP contribution < -0.4 is 15.8 Å². The van der Waals surface area contributed by atoms with Crippen molar-refractivity contribution in [3.05, 3.63) is 46.5 Å². The number of fused-ring (bicyclic) bond motifs is 2. The molecule has 0 atom stereocenters. The molecular formula is C23H24N4O. The van der Waals surface area contributed by atoms with E-state index in [1.807, 2.05) is 24.4 Å². The summed E-state index contributed by atoms with van der Waals surface area (Å²) in [7, 11) is 0. The highest BCUT2D eigenvalue weighted by Crippen LogP contribution is 2.29. The molecule has 1 amide bonds. The summed E-state index contributed by atoms with van der Waals surface area (Å²) in [5.41, 5.74) is 3.11. The van der Waals surface area contributed by atoms with E-state index in [0.29, 0.717) is 5.56 Å². The van der Waals surface area contributed by atoms with Crippen LogP contribution in [0, 0.1) is 0 Å². The lowest BCUT2D eigenvalue weighted by Gasteiger charge is -2.25. The molecule has 3 aromatic rings. The maximum Gasteiger partial charge on any atom is 0.251 e. The third kappa shape index (κ3) is 3.11. The molecule has 5 rings (SSSR count). The minimum atomic E-state index is -0.0776. The Hall–Kier alpha value is -2.95. The molecule has 2 aliphatic rings. The zero-order chi connectivity index (χ0) is 19.1. The van der Waals surface area contributed by atoms with E-state index in [0.717, 1.165) is 48.2 Å². The molecule has 1 aromatic carbocycles. The Labute approximate surface area is 163 Å². The summed E-state index contributed by atoms with van der Waals surface area (Å²) in [6, 6.07) is 7.72. The van der Waals surface area contributed by atoms with Crippen LogP contribution in [0.3, 0.4) is 0 Å². The minimum absolute atomic E-state index is 0.0144. The number of rotatable bonds is 3. The van der Waals surface area contributed by atoms with Crippen LogP contribution >= 0.6 is 0 Å². The Balaban J connectivity index is 1.46. The van der Waals surface area contributed by atoms with E-state index in [1.165, 1.54) is 23.3 Å². The number of carbonyl (C=O) groups excluding carboxylic acids is 1. The molecule has 2 aliphatic carbocycles. The Morgan fingerprint density at radius 3 is 2.71 bits per heavy atom. The molecule has 0 radical (unpaired) electrons. The van der Waals surface area contributed by atoms with E-state index in [4.69, 9.17) is 0 Å². The highest BCUT2D eigenvalue weighted by atomic mass is 16.1. The van der Waals surface area contributed by atoms with Crippen molar-refractivity contribution < 1.29 is 4.79 Å². The predicted octanol–water partition coefficient (Wildman–Crippen LogP) is 3.04. The number of H-pyrrole nitrogens is 1. The van der Waals surface area contributed by atoms with Crippen molar-refractivity contribution in [2.75, 3.05) is 0 Å². The second kappa shape index (κ2) is 6.59. The van der Waals surface area contributed by atoms with Gasteiger partial charge in [0.2, 0.25) is 0 Å². The van der Waals surface area contributed by atoms with Gasteiger partial charge in [0, 0.05) is 17.3 Å². The van der Waals surface area contributed by atoms with Crippen LogP contribution in [0.5, 0.6) is 0 Å². The second-order valence-electron chi connectivity index (χ2n) is 8.22. The molecule has 2 aromatic heterocycles. The first-order valence-electron chi connectivity index (χ1n) is 10.1. The summed E-state index contributed by atoms with van der Waals surface area (Å²) in [5.74, 6) is 0.719. The lowest BCUT2D eigenvalue weighted by Crippen LogP contribution is -2.43. The number of aromatic nitrogens is 3. The highest BCUT2D eigenvalue weighted by molar-refractivity contribution is 5.98. The van der Waals surface area contributed by atoms with Gasteiger partial charge in [0.05, 0.1) is 11.0 Å². The van der Waals surface area contributed by atoms with Crippen molar-refractivity contribution in [1.29, 1.82) is 0 Å². The summed E-state index contributed by atoms with van der Waals surface area (Å²) >= 11 is 0. The van der Waals surface area contributed by atoms with Gasteiger partial charge in [-0.2, -0.15) is 0 Å². The van der Waals surface area contributed by atoms with E-state index in [-0.39, 0.29) is 11.4 Å². The Bertz CT molecular complexity index is 1190. The molecule has 0 bridgehead atoms. The largest absolute Gasteiger partial charge is 0.347 e. The van der Waals surface area contributed by atoms with Crippen molar-refractivity contribution in [2.45, 2.75) is 51.0 Å². The predicted molar refractivity (Wildman–Crippen MR) is 111 cm³/mol. The van der Waals surface area contributed by atoms with E-state index in [9.17, 15) is 4.79 Å². The fourth-order valence-corrected chi connectivity index (χ4v) is 4.33. The molecule has 0 saturated heterocycles. The summed E-state index contributed by atoms with van der Waals surface area (Å²) in [6.07, 6.45) is 13.0. The second-order valence-corrected chi connectivity index (χ2v) is 8.22. The van der Waals surface area contributed by atoms with Gasteiger partial charge < -0.3 is 10.3 Å². The van der Waals surface area contributed by atoms with Crippen LogP contribution in [0.1, 0.15) is 55.8 Å². The van der Waals surface area contributed by atoms with Crippen molar-refractivity contribution in [2.24, 2.45) is 0 Å².